The maximum Gasteiger partial charge on any atom is 0.263 e. The largest absolute Gasteiger partial charge is 0.387 e. The number of alkyl halides is 1. The van der Waals surface area contributed by atoms with Gasteiger partial charge in [0.1, 0.15) is 11.6 Å². The Kier molecular flexibility index (Phi) is 7.28. The zero-order valence-electron chi connectivity index (χ0n) is 10.5. The Labute approximate surface area is 113 Å². The molecule has 1 saturated carbocycles. The van der Waals surface area contributed by atoms with E-state index in [4.69, 9.17) is 16.9 Å². The van der Waals surface area contributed by atoms with E-state index < -0.39 is 0 Å². The van der Waals surface area contributed by atoms with E-state index in [0.29, 0.717) is 18.5 Å². The SMILES string of the molecule is N#C/C(=C/NC1CCCCCC1)C(=O)NCCCl. The first-order valence-electron chi connectivity index (χ1n) is 6.48. The van der Waals surface area contributed by atoms with E-state index in [1.54, 1.807) is 6.20 Å². The molecule has 4 nitrogen and oxygen atoms in total. The number of hydrogen-bond acceptors (Lipinski definition) is 3. The van der Waals surface area contributed by atoms with E-state index in [1.807, 2.05) is 6.07 Å². The second-order valence-electron chi connectivity index (χ2n) is 4.47. The van der Waals surface area contributed by atoms with E-state index in [0.717, 1.165) is 12.8 Å². The van der Waals surface area contributed by atoms with Gasteiger partial charge in [-0.3, -0.25) is 4.79 Å². The standard InChI is InChI=1S/C13H20ClN3O/c14-7-8-16-13(18)11(9-15)10-17-12-5-3-1-2-4-6-12/h10,12,17H,1-8H2,(H,16,18)/b11-10-. The molecule has 100 valence electrons. The fourth-order valence-electron chi connectivity index (χ4n) is 2.05. The van der Waals surface area contributed by atoms with Crippen LogP contribution in [-0.2, 0) is 4.79 Å². The van der Waals surface area contributed by atoms with Crippen molar-refractivity contribution in [2.24, 2.45) is 0 Å². The maximum absolute atomic E-state index is 11.6. The molecule has 0 aromatic rings. The van der Waals surface area contributed by atoms with Crippen LogP contribution in [0.3, 0.4) is 0 Å². The number of rotatable bonds is 5. The van der Waals surface area contributed by atoms with Crippen molar-refractivity contribution < 1.29 is 4.79 Å². The number of hydrogen-bond donors (Lipinski definition) is 2. The lowest BCUT2D eigenvalue weighted by Gasteiger charge is -2.14. The molecule has 0 saturated heterocycles. The number of carbonyl (C=O) groups is 1. The Balaban J connectivity index is 2.45. The van der Waals surface area contributed by atoms with Gasteiger partial charge in [0.05, 0.1) is 0 Å². The monoisotopic (exact) mass is 269 g/mol. The number of carbonyl (C=O) groups excluding carboxylic acids is 1. The van der Waals surface area contributed by atoms with Crippen LogP contribution in [0.15, 0.2) is 11.8 Å². The van der Waals surface area contributed by atoms with Crippen LogP contribution >= 0.6 is 11.6 Å². The average Bonchev–Trinajstić information content (AvgIpc) is 2.65. The van der Waals surface area contributed by atoms with Crippen LogP contribution in [0.1, 0.15) is 38.5 Å². The summed E-state index contributed by atoms with van der Waals surface area (Å²) in [6.45, 7) is 0.378. The van der Waals surface area contributed by atoms with Crippen molar-refractivity contribution in [3.05, 3.63) is 11.8 Å². The molecular weight excluding hydrogens is 250 g/mol. The number of nitrogens with zero attached hydrogens (tertiary/aromatic N) is 1. The van der Waals surface area contributed by atoms with Gasteiger partial charge in [-0.15, -0.1) is 11.6 Å². The lowest BCUT2D eigenvalue weighted by atomic mass is 10.1. The number of nitrogens with one attached hydrogen (secondary N) is 2. The molecule has 0 radical (unpaired) electrons. The van der Waals surface area contributed by atoms with Crippen LogP contribution in [0.4, 0.5) is 0 Å². The Bertz CT molecular complexity index is 328. The Morgan fingerprint density at radius 3 is 2.56 bits per heavy atom. The molecule has 0 bridgehead atoms. The average molecular weight is 270 g/mol. The smallest absolute Gasteiger partial charge is 0.263 e. The molecule has 0 atom stereocenters. The van der Waals surface area contributed by atoms with Gasteiger partial charge in [0.25, 0.3) is 5.91 Å². The third-order valence-electron chi connectivity index (χ3n) is 3.06. The zero-order chi connectivity index (χ0) is 13.2. The molecule has 1 rings (SSSR count). The van der Waals surface area contributed by atoms with E-state index in [2.05, 4.69) is 10.6 Å². The molecule has 0 aromatic carbocycles. The molecule has 2 N–H and O–H groups in total. The molecule has 0 heterocycles. The van der Waals surface area contributed by atoms with Crippen LogP contribution in [0.5, 0.6) is 0 Å². The van der Waals surface area contributed by atoms with Crippen molar-refractivity contribution in [2.45, 2.75) is 44.6 Å². The summed E-state index contributed by atoms with van der Waals surface area (Å²) in [7, 11) is 0. The first-order chi connectivity index (χ1) is 8.77. The van der Waals surface area contributed by atoms with Gasteiger partial charge >= 0.3 is 0 Å². The topological polar surface area (TPSA) is 64.9 Å². The fourth-order valence-corrected chi connectivity index (χ4v) is 2.15. The molecule has 0 spiro atoms. The van der Waals surface area contributed by atoms with Crippen LogP contribution in [0.25, 0.3) is 0 Å². The number of amides is 1. The van der Waals surface area contributed by atoms with Crippen LogP contribution in [0, 0.1) is 11.3 Å². The summed E-state index contributed by atoms with van der Waals surface area (Å²) in [6.07, 6.45) is 8.75. The van der Waals surface area contributed by atoms with Crippen molar-refractivity contribution in [2.75, 3.05) is 12.4 Å². The first kappa shape index (κ1) is 14.8. The molecule has 5 heteroatoms. The third-order valence-corrected chi connectivity index (χ3v) is 3.25. The Hall–Kier alpha value is -1.21. The van der Waals surface area contributed by atoms with Crippen LogP contribution < -0.4 is 10.6 Å². The third kappa shape index (κ3) is 5.42. The van der Waals surface area contributed by atoms with E-state index >= 15 is 0 Å². The van der Waals surface area contributed by atoms with E-state index in [-0.39, 0.29) is 11.5 Å². The second-order valence-corrected chi connectivity index (χ2v) is 4.85. The van der Waals surface area contributed by atoms with Gasteiger partial charge < -0.3 is 10.6 Å². The molecular formula is C13H20ClN3O. The summed E-state index contributed by atoms with van der Waals surface area (Å²) >= 11 is 5.48. The Morgan fingerprint density at radius 2 is 2.00 bits per heavy atom. The lowest BCUT2D eigenvalue weighted by molar-refractivity contribution is -0.117. The maximum atomic E-state index is 11.6. The lowest BCUT2D eigenvalue weighted by Crippen LogP contribution is -2.29. The van der Waals surface area contributed by atoms with Crippen molar-refractivity contribution in [1.29, 1.82) is 5.26 Å². The predicted octanol–water partition coefficient (Wildman–Crippen LogP) is 2.06. The van der Waals surface area contributed by atoms with E-state index in [9.17, 15) is 4.79 Å². The minimum atomic E-state index is -0.362. The number of halogens is 1. The van der Waals surface area contributed by atoms with Gasteiger partial charge in [0.2, 0.25) is 0 Å². The van der Waals surface area contributed by atoms with Crippen molar-refractivity contribution in [1.82, 2.24) is 10.6 Å². The molecule has 0 unspecified atom stereocenters. The minimum Gasteiger partial charge on any atom is -0.387 e. The summed E-state index contributed by atoms with van der Waals surface area (Å²) < 4.78 is 0. The van der Waals surface area contributed by atoms with E-state index in [1.165, 1.54) is 25.7 Å². The highest BCUT2D eigenvalue weighted by Gasteiger charge is 2.12. The zero-order valence-corrected chi connectivity index (χ0v) is 11.3. The van der Waals surface area contributed by atoms with Gasteiger partial charge in [0.15, 0.2) is 0 Å². The number of nitriles is 1. The van der Waals surface area contributed by atoms with Gasteiger partial charge in [-0.2, -0.15) is 5.26 Å². The van der Waals surface area contributed by atoms with Crippen LogP contribution in [-0.4, -0.2) is 24.4 Å². The molecule has 18 heavy (non-hydrogen) atoms. The molecule has 0 aliphatic heterocycles. The first-order valence-corrected chi connectivity index (χ1v) is 7.02. The van der Waals surface area contributed by atoms with Crippen molar-refractivity contribution in [3.8, 4) is 6.07 Å². The Morgan fingerprint density at radius 1 is 1.33 bits per heavy atom. The molecule has 1 aliphatic carbocycles. The fraction of sp³-hybridized carbons (Fsp3) is 0.692. The highest BCUT2D eigenvalue weighted by atomic mass is 35.5. The van der Waals surface area contributed by atoms with Gasteiger partial charge in [-0.1, -0.05) is 25.7 Å². The van der Waals surface area contributed by atoms with Crippen LogP contribution in [0.2, 0.25) is 0 Å². The molecule has 1 fully saturated rings. The van der Waals surface area contributed by atoms with Gasteiger partial charge in [0, 0.05) is 24.7 Å². The highest BCUT2D eigenvalue weighted by molar-refractivity contribution is 6.18. The second kappa shape index (κ2) is 8.82. The quantitative estimate of drug-likeness (QED) is 0.348. The summed E-state index contributed by atoms with van der Waals surface area (Å²) in [5, 5.41) is 14.7. The highest BCUT2D eigenvalue weighted by Crippen LogP contribution is 2.17. The normalized spacial score (nSPS) is 17.7. The van der Waals surface area contributed by atoms with Gasteiger partial charge in [-0.25, -0.2) is 0 Å². The molecule has 1 amide bonds. The predicted molar refractivity (Wildman–Crippen MR) is 72.1 cm³/mol. The summed E-state index contributed by atoms with van der Waals surface area (Å²) in [6, 6.07) is 2.30. The van der Waals surface area contributed by atoms with Gasteiger partial charge in [-0.05, 0) is 12.8 Å². The van der Waals surface area contributed by atoms with Crippen molar-refractivity contribution >= 4 is 17.5 Å². The summed E-state index contributed by atoms with van der Waals surface area (Å²) in [4.78, 5) is 11.6. The minimum absolute atomic E-state index is 0.115. The molecule has 1 aliphatic rings. The van der Waals surface area contributed by atoms with Crippen molar-refractivity contribution in [3.63, 3.8) is 0 Å². The summed E-state index contributed by atoms with van der Waals surface area (Å²) in [5.41, 5.74) is 0.115. The molecule has 0 aromatic heterocycles. The summed E-state index contributed by atoms with van der Waals surface area (Å²) in [5.74, 6) is -0.0141.